The van der Waals surface area contributed by atoms with Crippen molar-refractivity contribution in [3.63, 3.8) is 0 Å². The van der Waals surface area contributed by atoms with Gasteiger partial charge in [-0.15, -0.1) is 10.2 Å². The Morgan fingerprint density at radius 2 is 2.36 bits per heavy atom. The molecule has 0 radical (unpaired) electrons. The maximum absolute atomic E-state index is 12.3. The van der Waals surface area contributed by atoms with E-state index in [-0.39, 0.29) is 18.6 Å². The molecule has 0 aliphatic carbocycles. The minimum absolute atomic E-state index is 0.0199. The van der Waals surface area contributed by atoms with Crippen molar-refractivity contribution in [3.8, 4) is 5.75 Å². The van der Waals surface area contributed by atoms with Crippen molar-refractivity contribution in [2.45, 2.75) is 25.5 Å². The van der Waals surface area contributed by atoms with Crippen LogP contribution in [0.25, 0.3) is 10.9 Å². The van der Waals surface area contributed by atoms with Crippen LogP contribution in [0.15, 0.2) is 30.5 Å². The molecular formula is C17H18N4O3S. The average molecular weight is 358 g/mol. The molecule has 1 fully saturated rings. The summed E-state index contributed by atoms with van der Waals surface area (Å²) in [5.41, 5.74) is 0.980. The number of benzene rings is 1. The Balaban J connectivity index is 1.43. The Kier molecular flexibility index (Phi) is 4.37. The van der Waals surface area contributed by atoms with Gasteiger partial charge in [-0.2, -0.15) is 0 Å². The lowest BCUT2D eigenvalue weighted by atomic mass is 10.2. The van der Waals surface area contributed by atoms with Crippen molar-refractivity contribution >= 4 is 33.3 Å². The molecule has 3 heterocycles. The van der Waals surface area contributed by atoms with Crippen LogP contribution in [0.2, 0.25) is 0 Å². The zero-order valence-electron chi connectivity index (χ0n) is 13.8. The van der Waals surface area contributed by atoms with E-state index >= 15 is 0 Å². The van der Waals surface area contributed by atoms with Crippen molar-refractivity contribution in [1.29, 1.82) is 0 Å². The number of carbonyl (C=O) groups is 1. The number of aromatic nitrogens is 3. The van der Waals surface area contributed by atoms with Gasteiger partial charge in [-0.3, -0.25) is 10.1 Å². The van der Waals surface area contributed by atoms with Crippen LogP contribution in [-0.4, -0.2) is 34.4 Å². The lowest BCUT2D eigenvalue weighted by molar-refractivity contribution is -0.116. The van der Waals surface area contributed by atoms with E-state index in [4.69, 9.17) is 9.47 Å². The number of methoxy groups -OCH3 is 1. The molecule has 0 bridgehead atoms. The number of hydrogen-bond acceptors (Lipinski definition) is 6. The molecule has 0 unspecified atom stereocenters. The fraction of sp³-hybridized carbons (Fsp3) is 0.353. The number of rotatable bonds is 5. The van der Waals surface area contributed by atoms with Crippen molar-refractivity contribution in [3.05, 3.63) is 35.5 Å². The summed E-state index contributed by atoms with van der Waals surface area (Å²) in [6.07, 6.45) is 3.91. The zero-order chi connectivity index (χ0) is 17.2. The van der Waals surface area contributed by atoms with Crippen LogP contribution in [0.1, 0.15) is 24.0 Å². The van der Waals surface area contributed by atoms with Gasteiger partial charge in [0.25, 0.3) is 0 Å². The van der Waals surface area contributed by atoms with E-state index in [1.165, 1.54) is 11.3 Å². The lowest BCUT2D eigenvalue weighted by Crippen LogP contribution is -2.18. The van der Waals surface area contributed by atoms with E-state index in [0.29, 0.717) is 5.13 Å². The highest BCUT2D eigenvalue weighted by Crippen LogP contribution is 2.31. The molecule has 1 amide bonds. The number of nitrogens with zero attached hydrogens (tertiary/aromatic N) is 3. The Bertz CT molecular complexity index is 898. The summed E-state index contributed by atoms with van der Waals surface area (Å²) in [7, 11) is 1.64. The summed E-state index contributed by atoms with van der Waals surface area (Å²) in [6, 6.07) is 7.74. The van der Waals surface area contributed by atoms with Crippen molar-refractivity contribution in [2.75, 3.05) is 19.0 Å². The molecule has 0 saturated carbocycles. The van der Waals surface area contributed by atoms with Gasteiger partial charge in [0.1, 0.15) is 23.4 Å². The van der Waals surface area contributed by atoms with Gasteiger partial charge in [-0.05, 0) is 37.1 Å². The predicted octanol–water partition coefficient (Wildman–Crippen LogP) is 2.99. The highest BCUT2D eigenvalue weighted by Gasteiger charge is 2.22. The number of hydrogen-bond donors (Lipinski definition) is 1. The normalized spacial score (nSPS) is 17.1. The first-order valence-electron chi connectivity index (χ1n) is 8.10. The van der Waals surface area contributed by atoms with Crippen LogP contribution in [0.4, 0.5) is 5.13 Å². The van der Waals surface area contributed by atoms with E-state index in [1.54, 1.807) is 7.11 Å². The van der Waals surface area contributed by atoms with E-state index in [0.717, 1.165) is 41.1 Å². The topological polar surface area (TPSA) is 78.3 Å². The zero-order valence-corrected chi connectivity index (χ0v) is 14.6. The van der Waals surface area contributed by atoms with Crippen LogP contribution in [-0.2, 0) is 16.1 Å². The summed E-state index contributed by atoms with van der Waals surface area (Å²) in [5, 5.41) is 13.4. The van der Waals surface area contributed by atoms with Crippen LogP contribution in [0.5, 0.6) is 5.75 Å². The first-order valence-corrected chi connectivity index (χ1v) is 8.92. The van der Waals surface area contributed by atoms with Crippen molar-refractivity contribution < 1.29 is 14.3 Å². The minimum atomic E-state index is -0.136. The Morgan fingerprint density at radius 3 is 3.16 bits per heavy atom. The van der Waals surface area contributed by atoms with E-state index in [2.05, 4.69) is 15.5 Å². The molecule has 1 saturated heterocycles. The summed E-state index contributed by atoms with van der Waals surface area (Å²) in [4.78, 5) is 12.3. The molecule has 4 rings (SSSR count). The van der Waals surface area contributed by atoms with Crippen LogP contribution in [0, 0.1) is 0 Å². The van der Waals surface area contributed by atoms with Gasteiger partial charge in [0.15, 0.2) is 0 Å². The SMILES string of the molecule is COc1ccc2c(ccn2CC(=O)Nc2nnc([C@@H]3CCCO3)s2)c1. The Labute approximate surface area is 148 Å². The summed E-state index contributed by atoms with van der Waals surface area (Å²) in [5.74, 6) is 0.661. The summed E-state index contributed by atoms with van der Waals surface area (Å²) >= 11 is 1.37. The fourth-order valence-electron chi connectivity index (χ4n) is 2.94. The highest BCUT2D eigenvalue weighted by atomic mass is 32.1. The van der Waals surface area contributed by atoms with Gasteiger partial charge in [0.2, 0.25) is 11.0 Å². The third-order valence-corrected chi connectivity index (χ3v) is 5.11. The fourth-order valence-corrected chi connectivity index (χ4v) is 3.79. The molecule has 1 aliphatic heterocycles. The smallest absolute Gasteiger partial charge is 0.246 e. The third-order valence-electron chi connectivity index (χ3n) is 4.18. The number of ether oxygens (including phenoxy) is 2. The number of nitrogens with one attached hydrogen (secondary N) is 1. The molecule has 2 aromatic heterocycles. The van der Waals surface area contributed by atoms with Crippen molar-refractivity contribution in [2.24, 2.45) is 0 Å². The molecule has 1 atom stereocenters. The molecule has 1 N–H and O–H groups in total. The Morgan fingerprint density at radius 1 is 1.44 bits per heavy atom. The molecular weight excluding hydrogens is 340 g/mol. The van der Waals surface area contributed by atoms with Crippen LogP contribution in [0.3, 0.4) is 0 Å². The molecule has 0 spiro atoms. The van der Waals surface area contributed by atoms with E-state index < -0.39 is 0 Å². The predicted molar refractivity (Wildman–Crippen MR) is 95.0 cm³/mol. The quantitative estimate of drug-likeness (QED) is 0.759. The number of anilines is 1. The second kappa shape index (κ2) is 6.81. The number of amides is 1. The molecule has 130 valence electrons. The van der Waals surface area contributed by atoms with Gasteiger partial charge in [-0.1, -0.05) is 11.3 Å². The maximum atomic E-state index is 12.3. The highest BCUT2D eigenvalue weighted by molar-refractivity contribution is 7.15. The lowest BCUT2D eigenvalue weighted by Gasteiger charge is -2.06. The summed E-state index contributed by atoms with van der Waals surface area (Å²) in [6.45, 7) is 0.974. The van der Waals surface area contributed by atoms with Crippen LogP contribution < -0.4 is 10.1 Å². The largest absolute Gasteiger partial charge is 0.497 e. The molecule has 3 aromatic rings. The number of fused-ring (bicyclic) bond motifs is 1. The molecule has 8 heteroatoms. The standard InChI is InChI=1S/C17H18N4O3S/c1-23-12-4-5-13-11(9-12)6-7-21(13)10-15(22)18-17-20-19-16(25-17)14-3-2-8-24-14/h4-7,9,14H,2-3,8,10H2,1H3,(H,18,20,22)/t14-/m0/s1. The second-order valence-corrected chi connectivity index (χ2v) is 6.87. The Hall–Kier alpha value is -2.45. The van der Waals surface area contributed by atoms with Crippen molar-refractivity contribution in [1.82, 2.24) is 14.8 Å². The van der Waals surface area contributed by atoms with Gasteiger partial charge in [0.05, 0.1) is 7.11 Å². The van der Waals surface area contributed by atoms with Gasteiger partial charge in [0, 0.05) is 23.7 Å². The van der Waals surface area contributed by atoms with E-state index in [9.17, 15) is 4.79 Å². The van der Waals surface area contributed by atoms with Gasteiger partial charge < -0.3 is 14.0 Å². The third kappa shape index (κ3) is 3.35. The number of carbonyl (C=O) groups excluding carboxylic acids is 1. The first kappa shape index (κ1) is 16.0. The first-order chi connectivity index (χ1) is 12.2. The monoisotopic (exact) mass is 358 g/mol. The second-order valence-electron chi connectivity index (χ2n) is 5.86. The summed E-state index contributed by atoms with van der Waals surface area (Å²) < 4.78 is 12.7. The van der Waals surface area contributed by atoms with Gasteiger partial charge in [-0.25, -0.2) is 0 Å². The minimum Gasteiger partial charge on any atom is -0.497 e. The molecule has 1 aromatic carbocycles. The maximum Gasteiger partial charge on any atom is 0.246 e. The van der Waals surface area contributed by atoms with E-state index in [1.807, 2.05) is 35.0 Å². The average Bonchev–Trinajstić information content (AvgIpc) is 3.35. The van der Waals surface area contributed by atoms with Crippen LogP contribution >= 0.6 is 11.3 Å². The van der Waals surface area contributed by atoms with Gasteiger partial charge >= 0.3 is 0 Å². The molecule has 25 heavy (non-hydrogen) atoms. The molecule has 7 nitrogen and oxygen atoms in total. The molecule has 1 aliphatic rings.